The largest absolute Gasteiger partial charge is 0.355 e. The summed E-state index contributed by atoms with van der Waals surface area (Å²) in [6, 6.07) is 9.62. The van der Waals surface area contributed by atoms with Crippen LogP contribution in [0.4, 0.5) is 15.8 Å². The number of benzene rings is 1. The van der Waals surface area contributed by atoms with E-state index < -0.39 is 0 Å². The van der Waals surface area contributed by atoms with Crippen molar-refractivity contribution in [2.75, 3.05) is 18.4 Å². The fraction of sp³-hybridized carbons (Fsp3) is 0.294. The lowest BCUT2D eigenvalue weighted by Gasteiger charge is -2.26. The molecule has 1 amide bonds. The van der Waals surface area contributed by atoms with Gasteiger partial charge in [-0.3, -0.25) is 9.78 Å². The molecule has 1 fully saturated rings. The van der Waals surface area contributed by atoms with E-state index in [0.717, 1.165) is 37.3 Å². The summed E-state index contributed by atoms with van der Waals surface area (Å²) in [6.07, 6.45) is 4.91. The van der Waals surface area contributed by atoms with Crippen LogP contribution < -0.4 is 5.32 Å². The van der Waals surface area contributed by atoms with Gasteiger partial charge < -0.3 is 10.2 Å². The molecule has 1 aliphatic rings. The first-order valence-electron chi connectivity index (χ1n) is 7.50. The van der Waals surface area contributed by atoms with Gasteiger partial charge in [-0.2, -0.15) is 0 Å². The van der Waals surface area contributed by atoms with Gasteiger partial charge in [0.15, 0.2) is 0 Å². The van der Waals surface area contributed by atoms with E-state index in [1.165, 1.54) is 18.6 Å². The zero-order valence-corrected chi connectivity index (χ0v) is 12.3. The van der Waals surface area contributed by atoms with Crippen molar-refractivity contribution in [1.29, 1.82) is 0 Å². The zero-order valence-electron chi connectivity index (χ0n) is 12.3. The standard InChI is InChI=1S/C17H18FN3O/c18-13-4-6-14(7-5-13)20-15-8-9-19-16(12-15)17(22)21-10-2-1-3-11-21/h4-9,12H,1-3,10-11H2,(H,19,20). The Balaban J connectivity index is 1.74. The number of carbonyl (C=O) groups is 1. The van der Waals surface area contributed by atoms with Crippen molar-refractivity contribution < 1.29 is 9.18 Å². The Morgan fingerprint density at radius 2 is 1.77 bits per heavy atom. The van der Waals surface area contributed by atoms with Gasteiger partial charge >= 0.3 is 0 Å². The molecule has 1 aromatic carbocycles. The predicted octanol–water partition coefficient (Wildman–Crippen LogP) is 3.59. The number of halogens is 1. The molecule has 0 atom stereocenters. The molecule has 2 heterocycles. The molecule has 4 nitrogen and oxygen atoms in total. The van der Waals surface area contributed by atoms with Crippen LogP contribution in [0.25, 0.3) is 0 Å². The number of hydrogen-bond donors (Lipinski definition) is 1. The summed E-state index contributed by atoms with van der Waals surface area (Å²) in [6.45, 7) is 1.60. The summed E-state index contributed by atoms with van der Waals surface area (Å²) in [5, 5.41) is 3.15. The Labute approximate surface area is 129 Å². The van der Waals surface area contributed by atoms with Crippen LogP contribution in [-0.2, 0) is 0 Å². The molecule has 1 aromatic heterocycles. The third-order valence-corrected chi connectivity index (χ3v) is 3.76. The maximum atomic E-state index is 12.9. The van der Waals surface area contributed by atoms with E-state index in [9.17, 15) is 9.18 Å². The highest BCUT2D eigenvalue weighted by atomic mass is 19.1. The first-order chi connectivity index (χ1) is 10.7. The third-order valence-electron chi connectivity index (χ3n) is 3.76. The zero-order chi connectivity index (χ0) is 15.4. The number of hydrogen-bond acceptors (Lipinski definition) is 3. The lowest BCUT2D eigenvalue weighted by atomic mass is 10.1. The fourth-order valence-corrected chi connectivity index (χ4v) is 2.58. The van der Waals surface area contributed by atoms with E-state index in [0.29, 0.717) is 5.69 Å². The van der Waals surface area contributed by atoms with Crippen LogP contribution in [0.1, 0.15) is 29.8 Å². The summed E-state index contributed by atoms with van der Waals surface area (Å²) >= 11 is 0. The van der Waals surface area contributed by atoms with Crippen molar-refractivity contribution >= 4 is 17.3 Å². The lowest BCUT2D eigenvalue weighted by Crippen LogP contribution is -2.36. The van der Waals surface area contributed by atoms with E-state index in [1.807, 2.05) is 4.90 Å². The lowest BCUT2D eigenvalue weighted by molar-refractivity contribution is 0.0718. The Kier molecular flexibility index (Phi) is 4.32. The fourth-order valence-electron chi connectivity index (χ4n) is 2.58. The molecule has 1 aliphatic heterocycles. The average Bonchev–Trinajstić information content (AvgIpc) is 2.57. The van der Waals surface area contributed by atoms with Crippen molar-refractivity contribution in [3.63, 3.8) is 0 Å². The van der Waals surface area contributed by atoms with Crippen LogP contribution >= 0.6 is 0 Å². The Morgan fingerprint density at radius 3 is 2.50 bits per heavy atom. The van der Waals surface area contributed by atoms with Crippen molar-refractivity contribution in [2.24, 2.45) is 0 Å². The quantitative estimate of drug-likeness (QED) is 0.942. The summed E-state index contributed by atoms with van der Waals surface area (Å²) < 4.78 is 12.9. The van der Waals surface area contributed by atoms with Gasteiger partial charge in [-0.05, 0) is 55.7 Å². The molecule has 114 valence electrons. The number of pyridine rings is 1. The topological polar surface area (TPSA) is 45.2 Å². The van der Waals surface area contributed by atoms with Gasteiger partial charge in [0.1, 0.15) is 11.5 Å². The van der Waals surface area contributed by atoms with Gasteiger partial charge in [0, 0.05) is 30.7 Å². The molecular formula is C17H18FN3O. The van der Waals surface area contributed by atoms with E-state index in [2.05, 4.69) is 10.3 Å². The number of nitrogens with one attached hydrogen (secondary N) is 1. The first-order valence-corrected chi connectivity index (χ1v) is 7.50. The van der Waals surface area contributed by atoms with Gasteiger partial charge in [-0.25, -0.2) is 4.39 Å². The number of likely N-dealkylation sites (tertiary alicyclic amines) is 1. The summed E-state index contributed by atoms with van der Waals surface area (Å²) in [4.78, 5) is 18.5. The van der Waals surface area contributed by atoms with E-state index in [4.69, 9.17) is 0 Å². The van der Waals surface area contributed by atoms with E-state index in [1.54, 1.807) is 30.5 Å². The van der Waals surface area contributed by atoms with Crippen LogP contribution in [0.2, 0.25) is 0 Å². The minimum Gasteiger partial charge on any atom is -0.355 e. The van der Waals surface area contributed by atoms with E-state index >= 15 is 0 Å². The molecule has 0 aliphatic carbocycles. The molecule has 1 saturated heterocycles. The van der Waals surface area contributed by atoms with Crippen LogP contribution in [0, 0.1) is 5.82 Å². The highest BCUT2D eigenvalue weighted by Gasteiger charge is 2.19. The maximum Gasteiger partial charge on any atom is 0.272 e. The average molecular weight is 299 g/mol. The van der Waals surface area contributed by atoms with Gasteiger partial charge in [0.05, 0.1) is 0 Å². The smallest absolute Gasteiger partial charge is 0.272 e. The van der Waals surface area contributed by atoms with Gasteiger partial charge in [0.25, 0.3) is 5.91 Å². The summed E-state index contributed by atoms with van der Waals surface area (Å²) in [5.74, 6) is -0.302. The molecule has 3 rings (SSSR count). The minimum atomic E-state index is -0.277. The number of nitrogens with zero attached hydrogens (tertiary/aromatic N) is 2. The number of anilines is 2. The molecule has 0 saturated carbocycles. The van der Waals surface area contributed by atoms with Crippen molar-refractivity contribution in [2.45, 2.75) is 19.3 Å². The second kappa shape index (κ2) is 6.56. The van der Waals surface area contributed by atoms with Crippen LogP contribution in [0.15, 0.2) is 42.6 Å². The van der Waals surface area contributed by atoms with Gasteiger partial charge in [-0.15, -0.1) is 0 Å². The van der Waals surface area contributed by atoms with Crippen molar-refractivity contribution in [1.82, 2.24) is 9.88 Å². The molecule has 0 bridgehead atoms. The second-order valence-corrected chi connectivity index (χ2v) is 5.41. The highest BCUT2D eigenvalue weighted by Crippen LogP contribution is 2.19. The molecule has 0 unspecified atom stereocenters. The van der Waals surface area contributed by atoms with Gasteiger partial charge in [0.2, 0.25) is 0 Å². The Hall–Kier alpha value is -2.43. The number of aromatic nitrogens is 1. The highest BCUT2D eigenvalue weighted by molar-refractivity contribution is 5.93. The minimum absolute atomic E-state index is 0.0255. The first kappa shape index (κ1) is 14.5. The molecule has 5 heteroatoms. The number of piperidine rings is 1. The predicted molar refractivity (Wildman–Crippen MR) is 83.7 cm³/mol. The number of amides is 1. The molecule has 1 N–H and O–H groups in total. The van der Waals surface area contributed by atoms with Crippen LogP contribution in [0.5, 0.6) is 0 Å². The third kappa shape index (κ3) is 3.42. The molecule has 0 spiro atoms. The number of carbonyl (C=O) groups excluding carboxylic acids is 1. The molecule has 22 heavy (non-hydrogen) atoms. The maximum absolute atomic E-state index is 12.9. The molecular weight excluding hydrogens is 281 g/mol. The Morgan fingerprint density at radius 1 is 1.05 bits per heavy atom. The van der Waals surface area contributed by atoms with Crippen molar-refractivity contribution in [3.8, 4) is 0 Å². The normalized spacial score (nSPS) is 14.7. The SMILES string of the molecule is O=C(c1cc(Nc2ccc(F)cc2)ccn1)N1CCCCC1. The monoisotopic (exact) mass is 299 g/mol. The van der Waals surface area contributed by atoms with Crippen LogP contribution in [0.3, 0.4) is 0 Å². The van der Waals surface area contributed by atoms with Crippen LogP contribution in [-0.4, -0.2) is 28.9 Å². The van der Waals surface area contributed by atoms with E-state index in [-0.39, 0.29) is 11.7 Å². The molecule has 0 radical (unpaired) electrons. The summed E-state index contributed by atoms with van der Waals surface area (Å²) in [7, 11) is 0. The van der Waals surface area contributed by atoms with Gasteiger partial charge in [-0.1, -0.05) is 0 Å². The Bertz CT molecular complexity index is 651. The second-order valence-electron chi connectivity index (χ2n) is 5.41. The number of rotatable bonds is 3. The summed E-state index contributed by atoms with van der Waals surface area (Å²) in [5.41, 5.74) is 1.97. The molecule has 2 aromatic rings. The van der Waals surface area contributed by atoms with Crippen molar-refractivity contribution in [3.05, 3.63) is 54.1 Å².